The van der Waals surface area contributed by atoms with Crippen LogP contribution in [0.1, 0.15) is 19.3 Å². The van der Waals surface area contributed by atoms with Crippen LogP contribution in [0.5, 0.6) is 0 Å². The number of nitrogens with two attached hydrogens (primary N) is 1. The Hall–Kier alpha value is -0.790. The Morgan fingerprint density at radius 3 is 3.23 bits per heavy atom. The number of nitrogens with zero attached hydrogens (tertiary/aromatic N) is 2. The van der Waals surface area contributed by atoms with Gasteiger partial charge in [0.1, 0.15) is 0 Å². The van der Waals surface area contributed by atoms with Gasteiger partial charge in [0.15, 0.2) is 6.19 Å². The van der Waals surface area contributed by atoms with Crippen LogP contribution in [-0.2, 0) is 0 Å². The third-order valence-corrected chi connectivity index (χ3v) is 3.47. The van der Waals surface area contributed by atoms with E-state index in [1.807, 2.05) is 4.90 Å². The molecule has 2 atom stereocenters. The van der Waals surface area contributed by atoms with Crippen LogP contribution >= 0.6 is 0 Å². The number of hydrogen-bond donors (Lipinski definition) is 2. The van der Waals surface area contributed by atoms with Crippen molar-refractivity contribution in [3.63, 3.8) is 0 Å². The highest BCUT2D eigenvalue weighted by atomic mass is 15.2. The van der Waals surface area contributed by atoms with Crippen LogP contribution in [0.3, 0.4) is 0 Å². The Morgan fingerprint density at radius 1 is 1.69 bits per heavy atom. The molecule has 0 bridgehead atoms. The molecule has 4 heteroatoms. The minimum absolute atomic E-state index is 0.157. The lowest BCUT2D eigenvalue weighted by Crippen LogP contribution is -2.51. The van der Waals surface area contributed by atoms with Crippen molar-refractivity contribution in [1.82, 2.24) is 10.2 Å². The number of nitrogens with one attached hydrogen (secondary N) is 1. The van der Waals surface area contributed by atoms with Gasteiger partial charge in [-0.15, -0.1) is 0 Å². The number of nitriles is 1. The topological polar surface area (TPSA) is 65.1 Å². The minimum Gasteiger partial charge on any atom is -0.318 e. The number of rotatable bonds is 2. The first-order valence-electron chi connectivity index (χ1n) is 4.90. The first-order chi connectivity index (χ1) is 6.30. The molecule has 13 heavy (non-hydrogen) atoms. The van der Waals surface area contributed by atoms with Crippen molar-refractivity contribution in [2.24, 2.45) is 11.7 Å². The molecule has 2 fully saturated rings. The molecule has 4 nitrogen and oxygen atoms in total. The standard InChI is InChI=1S/C9H16N4/c10-6-12-9-3-1-2-8(9)4-13(5-9)7-11/h8,12H,1-6,10H2. The molecule has 0 amide bonds. The molecule has 1 saturated heterocycles. The highest BCUT2D eigenvalue weighted by molar-refractivity contribution is 5.09. The van der Waals surface area contributed by atoms with Crippen molar-refractivity contribution in [2.75, 3.05) is 19.8 Å². The van der Waals surface area contributed by atoms with Gasteiger partial charge in [-0.1, -0.05) is 6.42 Å². The first kappa shape index (κ1) is 8.79. The van der Waals surface area contributed by atoms with Crippen molar-refractivity contribution in [3.8, 4) is 6.19 Å². The van der Waals surface area contributed by atoms with Gasteiger partial charge in [0.2, 0.25) is 0 Å². The molecule has 3 N–H and O–H groups in total. The maximum Gasteiger partial charge on any atom is 0.179 e. The molecule has 1 heterocycles. The fourth-order valence-electron chi connectivity index (χ4n) is 2.86. The Labute approximate surface area is 78.7 Å². The lowest BCUT2D eigenvalue weighted by atomic mass is 9.91. The molecule has 2 rings (SSSR count). The van der Waals surface area contributed by atoms with E-state index >= 15 is 0 Å². The summed E-state index contributed by atoms with van der Waals surface area (Å²) in [6.45, 7) is 2.30. The smallest absolute Gasteiger partial charge is 0.179 e. The van der Waals surface area contributed by atoms with Gasteiger partial charge in [-0.2, -0.15) is 5.26 Å². The molecule has 1 aliphatic carbocycles. The zero-order valence-corrected chi connectivity index (χ0v) is 7.79. The predicted octanol–water partition coefficient (Wildman–Crippen LogP) is -0.172. The van der Waals surface area contributed by atoms with E-state index in [2.05, 4.69) is 11.5 Å². The van der Waals surface area contributed by atoms with E-state index < -0.39 is 0 Å². The second-order valence-corrected chi connectivity index (χ2v) is 4.11. The number of fused-ring (bicyclic) bond motifs is 1. The maximum absolute atomic E-state index is 8.82. The van der Waals surface area contributed by atoms with E-state index in [0.29, 0.717) is 12.6 Å². The fraction of sp³-hybridized carbons (Fsp3) is 0.889. The number of hydrogen-bond acceptors (Lipinski definition) is 4. The summed E-state index contributed by atoms with van der Waals surface area (Å²) >= 11 is 0. The minimum atomic E-state index is 0.157. The summed E-state index contributed by atoms with van der Waals surface area (Å²) in [7, 11) is 0. The van der Waals surface area contributed by atoms with E-state index in [4.69, 9.17) is 11.0 Å². The summed E-state index contributed by atoms with van der Waals surface area (Å²) in [6.07, 6.45) is 5.92. The highest BCUT2D eigenvalue weighted by Gasteiger charge is 2.48. The average molecular weight is 180 g/mol. The van der Waals surface area contributed by atoms with E-state index in [1.165, 1.54) is 19.3 Å². The van der Waals surface area contributed by atoms with Gasteiger partial charge < -0.3 is 10.6 Å². The zero-order valence-electron chi connectivity index (χ0n) is 7.79. The monoisotopic (exact) mass is 180 g/mol. The molecular formula is C9H16N4. The third kappa shape index (κ3) is 1.28. The Balaban J connectivity index is 2.11. The van der Waals surface area contributed by atoms with Crippen LogP contribution in [0.2, 0.25) is 0 Å². The zero-order chi connectivity index (χ0) is 9.31. The third-order valence-electron chi connectivity index (χ3n) is 3.47. The van der Waals surface area contributed by atoms with Gasteiger partial charge in [0, 0.05) is 25.3 Å². The quantitative estimate of drug-likeness (QED) is 0.457. The largest absolute Gasteiger partial charge is 0.318 e. The normalized spacial score (nSPS) is 37.5. The van der Waals surface area contributed by atoms with Crippen LogP contribution in [-0.4, -0.2) is 30.2 Å². The molecule has 0 spiro atoms. The van der Waals surface area contributed by atoms with Gasteiger partial charge in [0.05, 0.1) is 0 Å². The summed E-state index contributed by atoms with van der Waals surface area (Å²) in [5, 5.41) is 12.2. The summed E-state index contributed by atoms with van der Waals surface area (Å²) in [4.78, 5) is 1.85. The van der Waals surface area contributed by atoms with E-state index in [9.17, 15) is 0 Å². The predicted molar refractivity (Wildman–Crippen MR) is 49.4 cm³/mol. The van der Waals surface area contributed by atoms with Crippen LogP contribution in [0.4, 0.5) is 0 Å². The lowest BCUT2D eigenvalue weighted by Gasteiger charge is -2.28. The van der Waals surface area contributed by atoms with E-state index in [0.717, 1.165) is 13.1 Å². The summed E-state index contributed by atoms with van der Waals surface area (Å²) < 4.78 is 0. The first-order valence-corrected chi connectivity index (χ1v) is 4.90. The summed E-state index contributed by atoms with van der Waals surface area (Å²) in [5.41, 5.74) is 5.69. The molecule has 0 aromatic carbocycles. The second-order valence-electron chi connectivity index (χ2n) is 4.11. The van der Waals surface area contributed by atoms with Gasteiger partial charge in [0.25, 0.3) is 0 Å². The SMILES string of the molecule is N#CN1CC2CCCC2(NCN)C1. The molecule has 1 aliphatic heterocycles. The molecular weight excluding hydrogens is 164 g/mol. The van der Waals surface area contributed by atoms with Gasteiger partial charge >= 0.3 is 0 Å². The van der Waals surface area contributed by atoms with Crippen LogP contribution in [0.25, 0.3) is 0 Å². The van der Waals surface area contributed by atoms with Crippen LogP contribution < -0.4 is 11.1 Å². The maximum atomic E-state index is 8.82. The van der Waals surface area contributed by atoms with Gasteiger partial charge in [-0.3, -0.25) is 5.32 Å². The van der Waals surface area contributed by atoms with Gasteiger partial charge in [-0.25, -0.2) is 0 Å². The average Bonchev–Trinajstić information content (AvgIpc) is 2.60. The lowest BCUT2D eigenvalue weighted by molar-refractivity contribution is 0.302. The van der Waals surface area contributed by atoms with Crippen molar-refractivity contribution < 1.29 is 0 Å². The van der Waals surface area contributed by atoms with Crippen molar-refractivity contribution in [2.45, 2.75) is 24.8 Å². The molecule has 0 aromatic heterocycles. The van der Waals surface area contributed by atoms with Crippen molar-refractivity contribution in [3.05, 3.63) is 0 Å². The Bertz CT molecular complexity index is 234. The summed E-state index contributed by atoms with van der Waals surface area (Å²) in [6, 6.07) is 0. The van der Waals surface area contributed by atoms with E-state index in [1.54, 1.807) is 0 Å². The molecule has 1 saturated carbocycles. The Kier molecular flexibility index (Phi) is 2.14. The molecule has 72 valence electrons. The number of likely N-dealkylation sites (tertiary alicyclic amines) is 1. The Morgan fingerprint density at radius 2 is 2.54 bits per heavy atom. The molecule has 0 radical (unpaired) electrons. The summed E-state index contributed by atoms with van der Waals surface area (Å²) in [5.74, 6) is 0.635. The highest BCUT2D eigenvalue weighted by Crippen LogP contribution is 2.40. The second kappa shape index (κ2) is 3.17. The fourth-order valence-corrected chi connectivity index (χ4v) is 2.86. The van der Waals surface area contributed by atoms with Crippen LogP contribution in [0.15, 0.2) is 0 Å². The molecule has 2 unspecified atom stereocenters. The van der Waals surface area contributed by atoms with E-state index in [-0.39, 0.29) is 5.54 Å². The molecule has 2 aliphatic rings. The van der Waals surface area contributed by atoms with Gasteiger partial charge in [-0.05, 0) is 18.8 Å². The van der Waals surface area contributed by atoms with Crippen molar-refractivity contribution >= 4 is 0 Å². The van der Waals surface area contributed by atoms with Crippen molar-refractivity contribution in [1.29, 1.82) is 5.26 Å². The van der Waals surface area contributed by atoms with Crippen LogP contribution in [0, 0.1) is 17.4 Å². The molecule has 0 aromatic rings.